The number of nitrogens with zero attached hydrogens (tertiary/aromatic N) is 1. The van der Waals surface area contributed by atoms with E-state index >= 15 is 0 Å². The van der Waals surface area contributed by atoms with Crippen molar-refractivity contribution in [3.63, 3.8) is 0 Å². The van der Waals surface area contributed by atoms with Gasteiger partial charge in [-0.05, 0) is 32.0 Å². The van der Waals surface area contributed by atoms with Crippen LogP contribution >= 0.6 is 15.9 Å². The average molecular weight is 300 g/mol. The Labute approximate surface area is 111 Å². The molecule has 94 valence electrons. The standard InChI is InChI=1S/C13H18BrNO2/c1-9-8-15(5-6-17-9)13-4-3-11(14)7-12(13)10(2)16/h3-4,7,9-10,16H,5-6,8H2,1-2H3. The zero-order valence-electron chi connectivity index (χ0n) is 10.2. The maximum absolute atomic E-state index is 9.85. The normalized spacial score (nSPS) is 22.6. The number of halogens is 1. The molecule has 4 heteroatoms. The van der Waals surface area contributed by atoms with Gasteiger partial charge in [0, 0.05) is 28.8 Å². The minimum Gasteiger partial charge on any atom is -0.389 e. The Morgan fingerprint density at radius 3 is 2.94 bits per heavy atom. The second kappa shape index (κ2) is 5.38. The first-order valence-corrected chi connectivity index (χ1v) is 6.71. The van der Waals surface area contributed by atoms with Crippen molar-refractivity contribution in [2.75, 3.05) is 24.6 Å². The van der Waals surface area contributed by atoms with Crippen molar-refractivity contribution >= 4 is 21.6 Å². The van der Waals surface area contributed by atoms with E-state index < -0.39 is 6.10 Å². The van der Waals surface area contributed by atoms with Crippen LogP contribution in [0, 0.1) is 0 Å². The maximum Gasteiger partial charge on any atom is 0.0782 e. The molecule has 2 unspecified atom stereocenters. The molecule has 0 radical (unpaired) electrons. The van der Waals surface area contributed by atoms with Crippen LogP contribution in [-0.4, -0.2) is 30.9 Å². The maximum atomic E-state index is 9.85. The van der Waals surface area contributed by atoms with E-state index in [1.165, 1.54) is 0 Å². The van der Waals surface area contributed by atoms with E-state index in [-0.39, 0.29) is 6.10 Å². The summed E-state index contributed by atoms with van der Waals surface area (Å²) in [4.78, 5) is 2.28. The topological polar surface area (TPSA) is 32.7 Å². The number of benzene rings is 1. The molecule has 1 saturated heterocycles. The van der Waals surface area contributed by atoms with Crippen LogP contribution < -0.4 is 4.90 Å². The lowest BCUT2D eigenvalue weighted by atomic mass is 10.1. The quantitative estimate of drug-likeness (QED) is 0.911. The van der Waals surface area contributed by atoms with E-state index in [1.54, 1.807) is 6.92 Å². The molecule has 0 bridgehead atoms. The fourth-order valence-corrected chi connectivity index (χ4v) is 2.56. The number of hydrogen-bond donors (Lipinski definition) is 1. The fourth-order valence-electron chi connectivity index (χ4n) is 2.19. The molecule has 0 aromatic heterocycles. The molecular weight excluding hydrogens is 282 g/mol. The van der Waals surface area contributed by atoms with Gasteiger partial charge in [-0.15, -0.1) is 0 Å². The van der Waals surface area contributed by atoms with Gasteiger partial charge in [-0.3, -0.25) is 0 Å². The lowest BCUT2D eigenvalue weighted by molar-refractivity contribution is 0.0529. The summed E-state index contributed by atoms with van der Waals surface area (Å²) in [6.07, 6.45) is -0.213. The van der Waals surface area contributed by atoms with Crippen LogP contribution in [0.5, 0.6) is 0 Å². The Bertz CT molecular complexity index is 395. The predicted octanol–water partition coefficient (Wildman–Crippen LogP) is 2.73. The Hall–Kier alpha value is -0.580. The molecule has 1 fully saturated rings. The Morgan fingerprint density at radius 2 is 2.29 bits per heavy atom. The molecule has 1 heterocycles. The molecule has 0 aliphatic carbocycles. The Kier molecular flexibility index (Phi) is 4.07. The summed E-state index contributed by atoms with van der Waals surface area (Å²) in [6, 6.07) is 6.06. The Balaban J connectivity index is 2.30. The number of ether oxygens (including phenoxy) is 1. The average Bonchev–Trinajstić information content (AvgIpc) is 2.28. The molecule has 3 nitrogen and oxygen atoms in total. The van der Waals surface area contributed by atoms with Gasteiger partial charge in [-0.1, -0.05) is 15.9 Å². The summed E-state index contributed by atoms with van der Waals surface area (Å²) in [7, 11) is 0. The van der Waals surface area contributed by atoms with Crippen LogP contribution in [0.1, 0.15) is 25.5 Å². The van der Waals surface area contributed by atoms with Crippen molar-refractivity contribution in [3.05, 3.63) is 28.2 Å². The number of hydrogen-bond acceptors (Lipinski definition) is 3. The smallest absolute Gasteiger partial charge is 0.0782 e. The summed E-state index contributed by atoms with van der Waals surface area (Å²) < 4.78 is 6.54. The molecule has 1 aliphatic rings. The molecule has 0 spiro atoms. The molecule has 2 rings (SSSR count). The minimum absolute atomic E-state index is 0.245. The first-order chi connectivity index (χ1) is 8.08. The van der Waals surface area contributed by atoms with Gasteiger partial charge in [0.15, 0.2) is 0 Å². The van der Waals surface area contributed by atoms with Gasteiger partial charge in [-0.25, -0.2) is 0 Å². The van der Waals surface area contributed by atoms with Crippen LogP contribution in [0.25, 0.3) is 0 Å². The molecule has 1 aromatic rings. The van der Waals surface area contributed by atoms with E-state index in [4.69, 9.17) is 4.74 Å². The van der Waals surface area contributed by atoms with Crippen molar-refractivity contribution < 1.29 is 9.84 Å². The summed E-state index contributed by atoms with van der Waals surface area (Å²) in [5.41, 5.74) is 2.08. The fraction of sp³-hybridized carbons (Fsp3) is 0.538. The van der Waals surface area contributed by atoms with Crippen molar-refractivity contribution in [1.82, 2.24) is 0 Å². The molecule has 17 heavy (non-hydrogen) atoms. The molecule has 1 aliphatic heterocycles. The van der Waals surface area contributed by atoms with E-state index in [0.29, 0.717) is 0 Å². The van der Waals surface area contributed by atoms with Gasteiger partial charge >= 0.3 is 0 Å². The largest absolute Gasteiger partial charge is 0.389 e. The van der Waals surface area contributed by atoms with Gasteiger partial charge < -0.3 is 14.7 Å². The van der Waals surface area contributed by atoms with Crippen molar-refractivity contribution in [3.8, 4) is 0 Å². The Morgan fingerprint density at radius 1 is 1.53 bits per heavy atom. The third kappa shape index (κ3) is 3.00. The van der Waals surface area contributed by atoms with Crippen molar-refractivity contribution in [2.24, 2.45) is 0 Å². The van der Waals surface area contributed by atoms with Crippen LogP contribution in [0.4, 0.5) is 5.69 Å². The zero-order chi connectivity index (χ0) is 12.4. The van der Waals surface area contributed by atoms with E-state index in [2.05, 4.69) is 33.8 Å². The highest BCUT2D eigenvalue weighted by Crippen LogP contribution is 2.30. The van der Waals surface area contributed by atoms with Crippen molar-refractivity contribution in [1.29, 1.82) is 0 Å². The van der Waals surface area contributed by atoms with E-state index in [0.717, 1.165) is 35.4 Å². The summed E-state index contributed by atoms with van der Waals surface area (Å²) in [6.45, 7) is 6.38. The minimum atomic E-state index is -0.458. The van der Waals surface area contributed by atoms with Gasteiger partial charge in [0.2, 0.25) is 0 Å². The van der Waals surface area contributed by atoms with Gasteiger partial charge in [0.05, 0.1) is 18.8 Å². The molecule has 0 saturated carbocycles. The zero-order valence-corrected chi connectivity index (χ0v) is 11.8. The second-order valence-corrected chi connectivity index (χ2v) is 5.42. The highest BCUT2D eigenvalue weighted by atomic mass is 79.9. The molecule has 1 aromatic carbocycles. The van der Waals surface area contributed by atoms with Gasteiger partial charge in [0.1, 0.15) is 0 Å². The third-order valence-corrected chi connectivity index (χ3v) is 3.51. The number of aliphatic hydroxyl groups excluding tert-OH is 1. The first kappa shape index (κ1) is 12.9. The van der Waals surface area contributed by atoms with Gasteiger partial charge in [0.25, 0.3) is 0 Å². The molecule has 0 amide bonds. The molecule has 1 N–H and O–H groups in total. The highest BCUT2D eigenvalue weighted by Gasteiger charge is 2.20. The number of morpholine rings is 1. The van der Waals surface area contributed by atoms with Gasteiger partial charge in [-0.2, -0.15) is 0 Å². The summed E-state index contributed by atoms with van der Waals surface area (Å²) in [5.74, 6) is 0. The number of anilines is 1. The van der Waals surface area contributed by atoms with Crippen molar-refractivity contribution in [2.45, 2.75) is 26.1 Å². The monoisotopic (exact) mass is 299 g/mol. The lowest BCUT2D eigenvalue weighted by Gasteiger charge is -2.34. The second-order valence-electron chi connectivity index (χ2n) is 4.51. The highest BCUT2D eigenvalue weighted by molar-refractivity contribution is 9.10. The first-order valence-electron chi connectivity index (χ1n) is 5.92. The van der Waals surface area contributed by atoms with Crippen LogP contribution in [-0.2, 0) is 4.74 Å². The van der Waals surface area contributed by atoms with Crippen LogP contribution in [0.3, 0.4) is 0 Å². The van der Waals surface area contributed by atoms with E-state index in [1.807, 2.05) is 12.1 Å². The van der Waals surface area contributed by atoms with Crippen LogP contribution in [0.2, 0.25) is 0 Å². The summed E-state index contributed by atoms with van der Waals surface area (Å²) in [5, 5.41) is 9.85. The third-order valence-electron chi connectivity index (χ3n) is 3.02. The predicted molar refractivity (Wildman–Crippen MR) is 72.4 cm³/mol. The van der Waals surface area contributed by atoms with E-state index in [9.17, 15) is 5.11 Å². The molecule has 2 atom stereocenters. The molecular formula is C13H18BrNO2. The SMILES string of the molecule is CC1CN(c2ccc(Br)cc2C(C)O)CCO1. The summed E-state index contributed by atoms with van der Waals surface area (Å²) >= 11 is 3.45. The number of aliphatic hydroxyl groups is 1. The lowest BCUT2D eigenvalue weighted by Crippen LogP contribution is -2.41. The number of rotatable bonds is 2. The van der Waals surface area contributed by atoms with Crippen LogP contribution in [0.15, 0.2) is 22.7 Å².